The first-order chi connectivity index (χ1) is 10.9. The molecule has 122 valence electrons. The molecule has 23 heavy (non-hydrogen) atoms. The van der Waals surface area contributed by atoms with Crippen LogP contribution >= 0.6 is 23.1 Å². The van der Waals surface area contributed by atoms with Gasteiger partial charge in [-0.2, -0.15) is 0 Å². The molecule has 2 rings (SSSR count). The van der Waals surface area contributed by atoms with Gasteiger partial charge in [-0.25, -0.2) is 0 Å². The van der Waals surface area contributed by atoms with Gasteiger partial charge in [-0.3, -0.25) is 14.9 Å². The number of aromatic nitrogens is 4. The number of hydrogen-bond acceptors (Lipinski definition) is 8. The van der Waals surface area contributed by atoms with E-state index in [1.165, 1.54) is 23.1 Å². The predicted molar refractivity (Wildman–Crippen MR) is 89.5 cm³/mol. The number of hydrogen-bond donors (Lipinski definition) is 2. The molecule has 2 heterocycles. The summed E-state index contributed by atoms with van der Waals surface area (Å²) in [5.74, 6) is 0.141. The second kappa shape index (κ2) is 7.97. The first-order valence-electron chi connectivity index (χ1n) is 6.81. The number of amides is 2. The molecule has 0 bridgehead atoms. The molecule has 0 saturated carbocycles. The fraction of sp³-hybridized carbons (Fsp3) is 0.385. The number of rotatable bonds is 6. The molecule has 0 radical (unpaired) electrons. The zero-order valence-electron chi connectivity index (χ0n) is 12.9. The van der Waals surface area contributed by atoms with Gasteiger partial charge in [0.25, 0.3) is 0 Å². The van der Waals surface area contributed by atoms with Gasteiger partial charge in [-0.05, 0) is 19.1 Å². The summed E-state index contributed by atoms with van der Waals surface area (Å²) in [6.45, 7) is 5.41. The lowest BCUT2D eigenvalue weighted by Crippen LogP contribution is -2.18. The van der Waals surface area contributed by atoms with Crippen molar-refractivity contribution < 1.29 is 9.59 Å². The molecule has 0 saturated heterocycles. The maximum absolute atomic E-state index is 11.8. The highest BCUT2D eigenvalue weighted by Gasteiger charge is 2.10. The molecule has 0 spiro atoms. The molecule has 0 aliphatic heterocycles. The van der Waals surface area contributed by atoms with Gasteiger partial charge in [0, 0.05) is 5.92 Å². The normalized spacial score (nSPS) is 10.6. The first-order valence-corrected chi connectivity index (χ1v) is 8.61. The van der Waals surface area contributed by atoms with E-state index in [0.29, 0.717) is 16.0 Å². The highest BCUT2D eigenvalue weighted by Crippen LogP contribution is 2.18. The van der Waals surface area contributed by atoms with Crippen LogP contribution in [0.15, 0.2) is 17.2 Å². The molecule has 2 N–H and O–H groups in total. The van der Waals surface area contributed by atoms with Crippen LogP contribution in [-0.2, 0) is 9.59 Å². The number of nitrogens with one attached hydrogen (secondary N) is 2. The lowest BCUT2D eigenvalue weighted by Gasteiger charge is -2.06. The lowest BCUT2D eigenvalue weighted by atomic mass is 10.2. The topological polar surface area (TPSA) is 110 Å². The third kappa shape index (κ3) is 5.57. The minimum Gasteiger partial charge on any atom is -0.309 e. The third-order valence-corrected chi connectivity index (χ3v) is 4.21. The summed E-state index contributed by atoms with van der Waals surface area (Å²) in [5.41, 5.74) is 0. The Morgan fingerprint density at radius 1 is 1.17 bits per heavy atom. The molecule has 0 unspecified atom stereocenters. The number of anilines is 2. The molecule has 2 amide bonds. The van der Waals surface area contributed by atoms with Crippen molar-refractivity contribution in [1.29, 1.82) is 0 Å². The van der Waals surface area contributed by atoms with Gasteiger partial charge < -0.3 is 5.32 Å². The van der Waals surface area contributed by atoms with Crippen LogP contribution in [0.1, 0.15) is 18.9 Å². The fourth-order valence-corrected chi connectivity index (χ4v) is 2.60. The average Bonchev–Trinajstić information content (AvgIpc) is 2.91. The Bertz CT molecular complexity index is 686. The SMILES string of the molecule is Cc1nnc(NC(=O)CSc2ccc(NC(=O)C(C)C)nn2)s1. The van der Waals surface area contributed by atoms with Crippen LogP contribution in [0.25, 0.3) is 0 Å². The van der Waals surface area contributed by atoms with Crippen molar-refractivity contribution in [2.45, 2.75) is 25.8 Å². The van der Waals surface area contributed by atoms with E-state index in [4.69, 9.17) is 0 Å². The van der Waals surface area contributed by atoms with Crippen molar-refractivity contribution in [3.05, 3.63) is 17.1 Å². The minimum atomic E-state index is -0.190. The highest BCUT2D eigenvalue weighted by atomic mass is 32.2. The van der Waals surface area contributed by atoms with E-state index in [1.807, 2.05) is 6.92 Å². The van der Waals surface area contributed by atoms with Crippen molar-refractivity contribution in [3.63, 3.8) is 0 Å². The Hall–Kier alpha value is -2.07. The molecule has 0 fully saturated rings. The Morgan fingerprint density at radius 2 is 1.96 bits per heavy atom. The largest absolute Gasteiger partial charge is 0.309 e. The van der Waals surface area contributed by atoms with Crippen LogP contribution in [-0.4, -0.2) is 38.0 Å². The van der Waals surface area contributed by atoms with Gasteiger partial charge in [-0.1, -0.05) is 36.9 Å². The van der Waals surface area contributed by atoms with Crippen LogP contribution in [0.4, 0.5) is 10.9 Å². The van der Waals surface area contributed by atoms with E-state index in [9.17, 15) is 9.59 Å². The zero-order chi connectivity index (χ0) is 16.8. The van der Waals surface area contributed by atoms with Crippen molar-refractivity contribution in [2.75, 3.05) is 16.4 Å². The Morgan fingerprint density at radius 3 is 2.52 bits per heavy atom. The van der Waals surface area contributed by atoms with Crippen molar-refractivity contribution in [3.8, 4) is 0 Å². The van der Waals surface area contributed by atoms with E-state index >= 15 is 0 Å². The summed E-state index contributed by atoms with van der Waals surface area (Å²) >= 11 is 2.56. The molecule has 2 aromatic rings. The summed E-state index contributed by atoms with van der Waals surface area (Å²) in [6, 6.07) is 3.36. The van der Waals surface area contributed by atoms with E-state index in [0.717, 1.165) is 5.01 Å². The van der Waals surface area contributed by atoms with Gasteiger partial charge >= 0.3 is 0 Å². The summed E-state index contributed by atoms with van der Waals surface area (Å²) in [4.78, 5) is 23.3. The maximum Gasteiger partial charge on any atom is 0.236 e. The molecule has 0 aromatic carbocycles. The van der Waals surface area contributed by atoms with Crippen LogP contribution in [0, 0.1) is 12.8 Å². The zero-order valence-corrected chi connectivity index (χ0v) is 14.5. The summed E-state index contributed by atoms with van der Waals surface area (Å²) in [5, 5.41) is 22.7. The highest BCUT2D eigenvalue weighted by molar-refractivity contribution is 7.99. The van der Waals surface area contributed by atoms with Gasteiger partial charge in [0.15, 0.2) is 5.82 Å². The van der Waals surface area contributed by atoms with Crippen LogP contribution in [0.5, 0.6) is 0 Å². The second-order valence-electron chi connectivity index (χ2n) is 4.86. The lowest BCUT2D eigenvalue weighted by molar-refractivity contribution is -0.119. The predicted octanol–water partition coefficient (Wildman–Crippen LogP) is 1.96. The Labute approximate surface area is 141 Å². The Kier molecular flexibility index (Phi) is 5.99. The van der Waals surface area contributed by atoms with E-state index in [-0.39, 0.29) is 23.5 Å². The van der Waals surface area contributed by atoms with Crippen LogP contribution in [0.2, 0.25) is 0 Å². The van der Waals surface area contributed by atoms with E-state index in [1.54, 1.807) is 26.0 Å². The minimum absolute atomic E-state index is 0.119. The second-order valence-corrected chi connectivity index (χ2v) is 7.04. The molecule has 0 aliphatic rings. The van der Waals surface area contributed by atoms with Gasteiger partial charge in [0.2, 0.25) is 16.9 Å². The van der Waals surface area contributed by atoms with E-state index in [2.05, 4.69) is 31.0 Å². The monoisotopic (exact) mass is 352 g/mol. The molecular formula is C13H16N6O2S2. The maximum atomic E-state index is 11.8. The molecular weight excluding hydrogens is 336 g/mol. The number of nitrogens with zero attached hydrogens (tertiary/aromatic N) is 4. The van der Waals surface area contributed by atoms with Crippen molar-refractivity contribution in [2.24, 2.45) is 5.92 Å². The molecule has 2 aromatic heterocycles. The van der Waals surface area contributed by atoms with Crippen molar-refractivity contribution >= 4 is 45.9 Å². The third-order valence-electron chi connectivity index (χ3n) is 2.54. The molecule has 8 nitrogen and oxygen atoms in total. The fourth-order valence-electron chi connectivity index (χ4n) is 1.38. The van der Waals surface area contributed by atoms with E-state index < -0.39 is 0 Å². The smallest absolute Gasteiger partial charge is 0.236 e. The van der Waals surface area contributed by atoms with Gasteiger partial charge in [0.05, 0.1) is 5.75 Å². The standard InChI is InChI=1S/C13H16N6O2S2/c1-7(2)12(21)14-9-4-5-11(18-17-9)22-6-10(20)15-13-19-16-8(3)23-13/h4-5,7H,6H2,1-3H3,(H,14,17,21)(H,15,19,20). The molecule has 0 aliphatic carbocycles. The van der Waals surface area contributed by atoms with Crippen LogP contribution in [0.3, 0.4) is 0 Å². The van der Waals surface area contributed by atoms with Crippen LogP contribution < -0.4 is 10.6 Å². The Balaban J connectivity index is 1.81. The number of aryl methyl sites for hydroxylation is 1. The van der Waals surface area contributed by atoms with Crippen molar-refractivity contribution in [1.82, 2.24) is 20.4 Å². The summed E-state index contributed by atoms with van der Waals surface area (Å²) in [7, 11) is 0. The number of carbonyl (C=O) groups excluding carboxylic acids is 2. The quantitative estimate of drug-likeness (QED) is 0.765. The molecule has 0 atom stereocenters. The summed E-state index contributed by atoms with van der Waals surface area (Å²) < 4.78 is 0. The summed E-state index contributed by atoms with van der Waals surface area (Å²) in [6.07, 6.45) is 0. The number of thioether (sulfide) groups is 1. The average molecular weight is 352 g/mol. The number of carbonyl (C=O) groups is 2. The van der Waals surface area contributed by atoms with Gasteiger partial charge in [0.1, 0.15) is 10.0 Å². The molecule has 10 heteroatoms. The van der Waals surface area contributed by atoms with Gasteiger partial charge in [-0.15, -0.1) is 20.4 Å². The first kappa shape index (κ1) is 17.3.